The molecule has 2 N–H and O–H groups in total. The van der Waals surface area contributed by atoms with Gasteiger partial charge in [0.25, 0.3) is 0 Å². The van der Waals surface area contributed by atoms with Crippen molar-refractivity contribution in [2.45, 2.75) is 19.3 Å². The highest BCUT2D eigenvalue weighted by Gasteiger charge is 2.26. The van der Waals surface area contributed by atoms with Crippen LogP contribution in [-0.4, -0.2) is 15.9 Å². The predicted octanol–water partition coefficient (Wildman–Crippen LogP) is 4.57. The maximum atomic E-state index is 12.0. The highest BCUT2D eigenvalue weighted by molar-refractivity contribution is 6.03. The Kier molecular flexibility index (Phi) is 3.27. The maximum Gasteiger partial charge on any atom is 0.168 e. The first-order valence-electron chi connectivity index (χ1n) is 7.87. The van der Waals surface area contributed by atoms with E-state index in [2.05, 4.69) is 17.1 Å². The molecule has 1 aliphatic carbocycles. The summed E-state index contributed by atoms with van der Waals surface area (Å²) in [5, 5.41) is 10.4. The minimum Gasteiger partial charge on any atom is -0.505 e. The van der Waals surface area contributed by atoms with Crippen LogP contribution in [0, 0.1) is 0 Å². The molecule has 1 aromatic heterocycles. The molecule has 0 aliphatic heterocycles. The summed E-state index contributed by atoms with van der Waals surface area (Å²) in [5.41, 5.74) is 5.17. The lowest BCUT2D eigenvalue weighted by Crippen LogP contribution is -2.08. The Labute approximate surface area is 134 Å². The molecule has 2 aromatic carbocycles. The average molecular weight is 303 g/mol. The van der Waals surface area contributed by atoms with E-state index in [1.54, 1.807) is 0 Å². The Morgan fingerprint density at radius 3 is 2.17 bits per heavy atom. The maximum absolute atomic E-state index is 12.0. The zero-order valence-corrected chi connectivity index (χ0v) is 12.7. The van der Waals surface area contributed by atoms with E-state index in [4.69, 9.17) is 0 Å². The second-order valence-electron chi connectivity index (χ2n) is 5.92. The van der Waals surface area contributed by atoms with Crippen molar-refractivity contribution >= 4 is 5.78 Å². The van der Waals surface area contributed by atoms with Gasteiger partial charge in [-0.05, 0) is 24.0 Å². The largest absolute Gasteiger partial charge is 0.505 e. The number of rotatable bonds is 2. The summed E-state index contributed by atoms with van der Waals surface area (Å²) in [5.74, 6) is 0.129. The fourth-order valence-electron chi connectivity index (χ4n) is 3.25. The van der Waals surface area contributed by atoms with Gasteiger partial charge in [-0.1, -0.05) is 54.6 Å². The van der Waals surface area contributed by atoms with Crippen molar-refractivity contribution in [1.82, 2.24) is 4.98 Å². The lowest BCUT2D eigenvalue weighted by molar-refractivity contribution is 0.0970. The number of hydrogen-bond donors (Lipinski definition) is 2. The fourth-order valence-corrected chi connectivity index (χ4v) is 3.25. The molecule has 0 atom stereocenters. The predicted molar refractivity (Wildman–Crippen MR) is 90.6 cm³/mol. The van der Waals surface area contributed by atoms with E-state index in [1.165, 1.54) is 0 Å². The number of H-pyrrole nitrogens is 1. The smallest absolute Gasteiger partial charge is 0.168 e. The Morgan fingerprint density at radius 2 is 1.48 bits per heavy atom. The summed E-state index contributed by atoms with van der Waals surface area (Å²) in [6.45, 7) is 0. The van der Waals surface area contributed by atoms with Crippen LogP contribution < -0.4 is 0 Å². The van der Waals surface area contributed by atoms with Crippen LogP contribution in [-0.2, 0) is 6.42 Å². The van der Waals surface area contributed by atoms with Crippen LogP contribution in [0.5, 0.6) is 5.75 Å². The van der Waals surface area contributed by atoms with Gasteiger partial charge >= 0.3 is 0 Å². The van der Waals surface area contributed by atoms with Crippen molar-refractivity contribution in [1.29, 1.82) is 0 Å². The Morgan fingerprint density at radius 1 is 0.826 bits per heavy atom. The van der Waals surface area contributed by atoms with E-state index < -0.39 is 0 Å². The Hall–Kier alpha value is -2.81. The van der Waals surface area contributed by atoms with Crippen molar-refractivity contribution in [3.8, 4) is 28.1 Å². The highest BCUT2D eigenvalue weighted by atomic mass is 16.3. The van der Waals surface area contributed by atoms with Gasteiger partial charge in [-0.15, -0.1) is 0 Å². The number of aromatic amines is 1. The first-order chi connectivity index (χ1) is 11.2. The number of aromatic nitrogens is 1. The molecular weight excluding hydrogens is 286 g/mol. The van der Waals surface area contributed by atoms with Crippen molar-refractivity contribution in [2.24, 2.45) is 0 Å². The van der Waals surface area contributed by atoms with Gasteiger partial charge in [0.05, 0.1) is 11.3 Å². The molecule has 23 heavy (non-hydrogen) atoms. The van der Waals surface area contributed by atoms with Crippen molar-refractivity contribution < 1.29 is 9.90 Å². The van der Waals surface area contributed by atoms with E-state index in [-0.39, 0.29) is 11.5 Å². The summed E-state index contributed by atoms with van der Waals surface area (Å²) in [4.78, 5) is 15.2. The number of nitrogens with one attached hydrogen (secondary N) is 1. The van der Waals surface area contributed by atoms with Gasteiger partial charge in [0, 0.05) is 17.7 Å². The normalized spacial score (nSPS) is 13.8. The number of benzene rings is 2. The first kappa shape index (κ1) is 13.8. The van der Waals surface area contributed by atoms with Crippen LogP contribution in [0.4, 0.5) is 0 Å². The summed E-state index contributed by atoms with van der Waals surface area (Å²) in [7, 11) is 0. The van der Waals surface area contributed by atoms with E-state index in [1.807, 2.05) is 42.5 Å². The lowest BCUT2D eigenvalue weighted by Gasteiger charge is -2.08. The molecule has 0 bridgehead atoms. The molecule has 114 valence electrons. The second-order valence-corrected chi connectivity index (χ2v) is 5.92. The van der Waals surface area contributed by atoms with Crippen molar-refractivity contribution in [3.63, 3.8) is 0 Å². The third-order valence-corrected chi connectivity index (χ3v) is 4.44. The number of aromatic hydroxyl groups is 1. The molecule has 3 heteroatoms. The number of hydrogen-bond acceptors (Lipinski definition) is 2. The topological polar surface area (TPSA) is 53.1 Å². The minimum atomic E-state index is 0.0344. The van der Waals surface area contributed by atoms with Crippen LogP contribution in [0.2, 0.25) is 0 Å². The number of aryl methyl sites for hydroxylation is 1. The third-order valence-electron chi connectivity index (χ3n) is 4.44. The molecule has 0 saturated heterocycles. The van der Waals surface area contributed by atoms with Crippen LogP contribution in [0.25, 0.3) is 22.4 Å². The third kappa shape index (κ3) is 2.34. The molecule has 4 rings (SSSR count). The van der Waals surface area contributed by atoms with Gasteiger partial charge in [0.2, 0.25) is 0 Å². The van der Waals surface area contributed by atoms with Crippen LogP contribution >= 0.6 is 0 Å². The van der Waals surface area contributed by atoms with Crippen LogP contribution in [0.3, 0.4) is 0 Å². The van der Waals surface area contributed by atoms with Crippen molar-refractivity contribution in [3.05, 3.63) is 65.9 Å². The number of carbonyl (C=O) groups is 1. The van der Waals surface area contributed by atoms with Gasteiger partial charge in [-0.25, -0.2) is 0 Å². The molecule has 3 aromatic rings. The average Bonchev–Trinajstić information content (AvgIpc) is 2.94. The van der Waals surface area contributed by atoms with Gasteiger partial charge in [0.1, 0.15) is 0 Å². The summed E-state index contributed by atoms with van der Waals surface area (Å²) >= 11 is 0. The number of Topliss-reactive ketones (excluding diaryl/α,β-unsaturated/α-hetero) is 1. The number of ketones is 1. The first-order valence-corrected chi connectivity index (χ1v) is 7.87. The van der Waals surface area contributed by atoms with E-state index in [0.717, 1.165) is 35.2 Å². The van der Waals surface area contributed by atoms with Gasteiger partial charge in [-0.3, -0.25) is 4.79 Å². The van der Waals surface area contributed by atoms with Crippen LogP contribution in [0.15, 0.2) is 54.6 Å². The summed E-state index contributed by atoms with van der Waals surface area (Å²) in [6, 6.07) is 18.2. The zero-order valence-electron chi connectivity index (χ0n) is 12.7. The number of carbonyl (C=O) groups excluding carboxylic acids is 1. The number of fused-ring (bicyclic) bond motifs is 1. The zero-order chi connectivity index (χ0) is 15.8. The van der Waals surface area contributed by atoms with E-state index in [9.17, 15) is 9.90 Å². The van der Waals surface area contributed by atoms with Gasteiger partial charge in [-0.2, -0.15) is 0 Å². The van der Waals surface area contributed by atoms with E-state index >= 15 is 0 Å². The molecule has 0 radical (unpaired) electrons. The van der Waals surface area contributed by atoms with Gasteiger partial charge < -0.3 is 10.1 Å². The summed E-state index contributed by atoms with van der Waals surface area (Å²) < 4.78 is 0. The monoisotopic (exact) mass is 303 g/mol. The SMILES string of the molecule is O=C1CCCc2[nH]c(-c3ccc(-c4ccccc4)cc3)c(O)c21. The quantitative estimate of drug-likeness (QED) is 0.728. The molecule has 0 fully saturated rings. The molecule has 0 saturated carbocycles. The molecule has 0 amide bonds. The molecule has 3 nitrogen and oxygen atoms in total. The van der Waals surface area contributed by atoms with Crippen LogP contribution in [0.1, 0.15) is 28.9 Å². The molecule has 1 aliphatic rings. The Balaban J connectivity index is 1.73. The second kappa shape index (κ2) is 5.43. The molecule has 1 heterocycles. The lowest BCUT2D eigenvalue weighted by atomic mass is 9.95. The van der Waals surface area contributed by atoms with E-state index in [0.29, 0.717) is 17.7 Å². The minimum absolute atomic E-state index is 0.0344. The molecular formula is C20H17NO2. The highest BCUT2D eigenvalue weighted by Crippen LogP contribution is 2.38. The van der Waals surface area contributed by atoms with Gasteiger partial charge in [0.15, 0.2) is 11.5 Å². The standard InChI is InChI=1S/C20H17NO2/c22-17-8-4-7-16-18(17)20(23)19(21-16)15-11-9-14(10-12-15)13-5-2-1-3-6-13/h1-3,5-6,9-12,21,23H,4,7-8H2. The Bertz CT molecular complexity index is 861. The summed E-state index contributed by atoms with van der Waals surface area (Å²) in [6.07, 6.45) is 2.18. The van der Waals surface area contributed by atoms with Crippen molar-refractivity contribution in [2.75, 3.05) is 0 Å². The molecule has 0 unspecified atom stereocenters. The molecule has 0 spiro atoms. The fraction of sp³-hybridized carbons (Fsp3) is 0.150.